The standard InChI is InChI=1S/C13H10ClNO/c14-12-8-4-3-6-10(12)9-5-1-2-7-11(9)13(15)16/h1-8H,(H2,15,16). The molecule has 0 aliphatic carbocycles. The summed E-state index contributed by atoms with van der Waals surface area (Å²) in [6, 6.07) is 14.5. The van der Waals surface area contributed by atoms with Gasteiger partial charge in [0.25, 0.3) is 0 Å². The van der Waals surface area contributed by atoms with Crippen LogP contribution in [0.3, 0.4) is 0 Å². The topological polar surface area (TPSA) is 43.1 Å². The highest BCUT2D eigenvalue weighted by Gasteiger charge is 2.10. The summed E-state index contributed by atoms with van der Waals surface area (Å²) in [6.45, 7) is 0. The Morgan fingerprint density at radius 2 is 1.50 bits per heavy atom. The number of hydrogen-bond acceptors (Lipinski definition) is 1. The molecule has 0 unspecified atom stereocenters. The molecule has 0 spiro atoms. The Balaban J connectivity index is 2.65. The molecule has 3 heteroatoms. The van der Waals surface area contributed by atoms with Crippen LogP contribution in [-0.2, 0) is 0 Å². The van der Waals surface area contributed by atoms with Crippen LogP contribution >= 0.6 is 11.6 Å². The van der Waals surface area contributed by atoms with Gasteiger partial charge in [0, 0.05) is 16.1 Å². The first-order chi connectivity index (χ1) is 7.70. The van der Waals surface area contributed by atoms with Crippen LogP contribution in [0.2, 0.25) is 5.02 Å². The quantitative estimate of drug-likeness (QED) is 0.848. The summed E-state index contributed by atoms with van der Waals surface area (Å²) in [5.74, 6) is -0.449. The summed E-state index contributed by atoms with van der Waals surface area (Å²) in [5, 5.41) is 0.608. The third-order valence-corrected chi connectivity index (χ3v) is 2.69. The summed E-state index contributed by atoms with van der Waals surface area (Å²) in [7, 11) is 0. The predicted octanol–water partition coefficient (Wildman–Crippen LogP) is 3.11. The molecule has 2 aromatic carbocycles. The summed E-state index contributed by atoms with van der Waals surface area (Å²) in [5.41, 5.74) is 7.38. The first-order valence-electron chi connectivity index (χ1n) is 4.84. The van der Waals surface area contributed by atoms with Crippen molar-refractivity contribution in [2.75, 3.05) is 0 Å². The Labute approximate surface area is 98.7 Å². The van der Waals surface area contributed by atoms with Gasteiger partial charge in [0.15, 0.2) is 0 Å². The number of nitrogens with two attached hydrogens (primary N) is 1. The number of amides is 1. The van der Waals surface area contributed by atoms with E-state index in [4.69, 9.17) is 17.3 Å². The van der Waals surface area contributed by atoms with Crippen LogP contribution in [0.15, 0.2) is 48.5 Å². The van der Waals surface area contributed by atoms with Crippen LogP contribution in [0.5, 0.6) is 0 Å². The van der Waals surface area contributed by atoms with Crippen molar-refractivity contribution in [3.63, 3.8) is 0 Å². The molecule has 2 N–H and O–H groups in total. The Morgan fingerprint density at radius 1 is 0.938 bits per heavy atom. The Kier molecular flexibility index (Phi) is 2.93. The molecule has 0 radical (unpaired) electrons. The van der Waals surface area contributed by atoms with E-state index in [1.165, 1.54) is 0 Å². The van der Waals surface area contributed by atoms with Gasteiger partial charge in [-0.1, -0.05) is 48.0 Å². The van der Waals surface area contributed by atoms with Crippen molar-refractivity contribution in [2.45, 2.75) is 0 Å². The fourth-order valence-corrected chi connectivity index (χ4v) is 1.85. The number of primary amides is 1. The molecular formula is C13H10ClNO. The Morgan fingerprint density at radius 3 is 2.12 bits per heavy atom. The van der Waals surface area contributed by atoms with Gasteiger partial charge < -0.3 is 5.73 Å². The maximum Gasteiger partial charge on any atom is 0.249 e. The summed E-state index contributed by atoms with van der Waals surface area (Å²) in [4.78, 5) is 11.3. The lowest BCUT2D eigenvalue weighted by molar-refractivity contribution is 0.100. The molecule has 2 nitrogen and oxygen atoms in total. The van der Waals surface area contributed by atoms with Crippen molar-refractivity contribution in [3.05, 3.63) is 59.1 Å². The van der Waals surface area contributed by atoms with Crippen molar-refractivity contribution in [2.24, 2.45) is 5.73 Å². The van der Waals surface area contributed by atoms with Gasteiger partial charge in [0.2, 0.25) is 5.91 Å². The van der Waals surface area contributed by atoms with E-state index < -0.39 is 5.91 Å². The van der Waals surface area contributed by atoms with Crippen molar-refractivity contribution in [1.29, 1.82) is 0 Å². The molecule has 0 atom stereocenters. The highest BCUT2D eigenvalue weighted by molar-refractivity contribution is 6.33. The molecule has 80 valence electrons. The molecule has 0 heterocycles. The van der Waals surface area contributed by atoms with Crippen molar-refractivity contribution in [3.8, 4) is 11.1 Å². The number of hydrogen-bond donors (Lipinski definition) is 1. The van der Waals surface area contributed by atoms with E-state index in [0.29, 0.717) is 10.6 Å². The second kappa shape index (κ2) is 4.37. The number of benzene rings is 2. The van der Waals surface area contributed by atoms with E-state index in [0.717, 1.165) is 11.1 Å². The van der Waals surface area contributed by atoms with E-state index in [1.807, 2.05) is 30.3 Å². The first kappa shape index (κ1) is 10.7. The normalized spacial score (nSPS) is 10.1. The van der Waals surface area contributed by atoms with Gasteiger partial charge in [-0.2, -0.15) is 0 Å². The van der Waals surface area contributed by atoms with Gasteiger partial charge in [-0.3, -0.25) is 4.79 Å². The van der Waals surface area contributed by atoms with Gasteiger partial charge in [0.1, 0.15) is 0 Å². The van der Waals surface area contributed by atoms with Crippen LogP contribution in [0.25, 0.3) is 11.1 Å². The van der Waals surface area contributed by atoms with E-state index in [-0.39, 0.29) is 0 Å². The smallest absolute Gasteiger partial charge is 0.249 e. The van der Waals surface area contributed by atoms with Crippen LogP contribution in [0.4, 0.5) is 0 Å². The average Bonchev–Trinajstić information content (AvgIpc) is 2.29. The zero-order valence-corrected chi connectivity index (χ0v) is 9.24. The molecule has 0 aliphatic heterocycles. The largest absolute Gasteiger partial charge is 0.366 e. The second-order valence-corrected chi connectivity index (χ2v) is 3.80. The van der Waals surface area contributed by atoms with Crippen molar-refractivity contribution in [1.82, 2.24) is 0 Å². The first-order valence-corrected chi connectivity index (χ1v) is 5.21. The monoisotopic (exact) mass is 231 g/mol. The molecule has 16 heavy (non-hydrogen) atoms. The SMILES string of the molecule is NC(=O)c1ccccc1-c1ccccc1Cl. The fourth-order valence-electron chi connectivity index (χ4n) is 1.61. The molecule has 0 bridgehead atoms. The maximum atomic E-state index is 11.3. The molecule has 0 fully saturated rings. The van der Waals surface area contributed by atoms with Gasteiger partial charge in [-0.25, -0.2) is 0 Å². The van der Waals surface area contributed by atoms with Crippen molar-refractivity contribution >= 4 is 17.5 Å². The summed E-state index contributed by atoms with van der Waals surface area (Å²) >= 11 is 6.08. The predicted molar refractivity (Wildman–Crippen MR) is 65.4 cm³/mol. The van der Waals surface area contributed by atoms with Crippen molar-refractivity contribution < 1.29 is 4.79 Å². The number of carbonyl (C=O) groups is 1. The molecule has 0 saturated heterocycles. The highest BCUT2D eigenvalue weighted by atomic mass is 35.5. The van der Waals surface area contributed by atoms with Crippen LogP contribution < -0.4 is 5.73 Å². The fraction of sp³-hybridized carbons (Fsp3) is 0. The van der Waals surface area contributed by atoms with Gasteiger partial charge in [-0.15, -0.1) is 0 Å². The average molecular weight is 232 g/mol. The molecule has 0 saturated carbocycles. The lowest BCUT2D eigenvalue weighted by atomic mass is 9.99. The van der Waals surface area contributed by atoms with E-state index >= 15 is 0 Å². The minimum absolute atomic E-state index is 0.449. The molecule has 2 aromatic rings. The highest BCUT2D eigenvalue weighted by Crippen LogP contribution is 2.29. The van der Waals surface area contributed by atoms with Gasteiger partial charge in [0.05, 0.1) is 0 Å². The van der Waals surface area contributed by atoms with Crippen LogP contribution in [0, 0.1) is 0 Å². The zero-order valence-electron chi connectivity index (χ0n) is 8.48. The molecule has 1 amide bonds. The van der Waals surface area contributed by atoms with E-state index in [9.17, 15) is 4.79 Å². The summed E-state index contributed by atoms with van der Waals surface area (Å²) < 4.78 is 0. The molecule has 2 rings (SSSR count). The van der Waals surface area contributed by atoms with Crippen LogP contribution in [0.1, 0.15) is 10.4 Å². The minimum Gasteiger partial charge on any atom is -0.366 e. The molecular weight excluding hydrogens is 222 g/mol. The minimum atomic E-state index is -0.449. The molecule has 0 aliphatic rings. The molecule has 0 aromatic heterocycles. The second-order valence-electron chi connectivity index (χ2n) is 3.39. The maximum absolute atomic E-state index is 11.3. The zero-order chi connectivity index (χ0) is 11.5. The lowest BCUT2D eigenvalue weighted by Gasteiger charge is -2.08. The van der Waals surface area contributed by atoms with E-state index in [1.54, 1.807) is 18.2 Å². The number of halogens is 1. The number of carbonyl (C=O) groups excluding carboxylic acids is 1. The lowest BCUT2D eigenvalue weighted by Crippen LogP contribution is -2.12. The summed E-state index contributed by atoms with van der Waals surface area (Å²) in [6.07, 6.45) is 0. The Bertz CT molecular complexity index is 537. The van der Waals surface area contributed by atoms with E-state index in [2.05, 4.69) is 0 Å². The number of rotatable bonds is 2. The third kappa shape index (κ3) is 1.92. The third-order valence-electron chi connectivity index (χ3n) is 2.36. The van der Waals surface area contributed by atoms with Gasteiger partial charge >= 0.3 is 0 Å². The van der Waals surface area contributed by atoms with Crippen LogP contribution in [-0.4, -0.2) is 5.91 Å². The van der Waals surface area contributed by atoms with Gasteiger partial charge in [-0.05, 0) is 17.7 Å². The Hall–Kier alpha value is -1.80.